The van der Waals surface area contributed by atoms with E-state index >= 15 is 0 Å². The quantitative estimate of drug-likeness (QED) is 0.526. The first-order valence-corrected chi connectivity index (χ1v) is 5.39. The van der Waals surface area contributed by atoms with Gasteiger partial charge in [0.05, 0.1) is 12.2 Å². The van der Waals surface area contributed by atoms with Crippen LogP contribution in [0.15, 0.2) is 23.7 Å². The van der Waals surface area contributed by atoms with Crippen LogP contribution in [0.3, 0.4) is 0 Å². The molecule has 0 spiro atoms. The van der Waals surface area contributed by atoms with Crippen molar-refractivity contribution >= 4 is 17.2 Å². The highest BCUT2D eigenvalue weighted by molar-refractivity contribution is 7.10. The molecule has 0 bridgehead atoms. The molecular formula is C9H13N5S. The maximum atomic E-state index is 5.89. The van der Waals surface area contributed by atoms with Crippen LogP contribution in [0.2, 0.25) is 0 Å². The molecule has 0 aliphatic carbocycles. The lowest BCUT2D eigenvalue weighted by Gasteiger charge is -2.13. The number of hydrogen-bond donors (Lipinski definition) is 3. The van der Waals surface area contributed by atoms with Crippen LogP contribution < -0.4 is 17.0 Å². The molecule has 0 saturated carbocycles. The molecule has 2 rings (SSSR count). The molecule has 2 aromatic rings. The summed E-state index contributed by atoms with van der Waals surface area (Å²) in [6.45, 7) is 0. The second-order valence-electron chi connectivity index (χ2n) is 3.22. The minimum Gasteiger partial charge on any atom is -0.384 e. The lowest BCUT2D eigenvalue weighted by Crippen LogP contribution is -2.28. The normalized spacial score (nSPS) is 12.9. The Bertz CT molecular complexity index is 433. The first-order valence-electron chi connectivity index (χ1n) is 4.51. The van der Waals surface area contributed by atoms with Crippen molar-refractivity contribution in [1.29, 1.82) is 0 Å². The predicted octanol–water partition coefficient (Wildman–Crippen LogP) is 0.616. The topological polar surface area (TPSA) is 81.9 Å². The van der Waals surface area contributed by atoms with Gasteiger partial charge in [-0.05, 0) is 11.4 Å². The number of hydrazine groups is 1. The molecule has 0 aliphatic rings. The molecule has 0 saturated heterocycles. The molecule has 80 valence electrons. The fraction of sp³-hybridized carbons (Fsp3) is 0.222. The van der Waals surface area contributed by atoms with Crippen molar-refractivity contribution in [1.82, 2.24) is 15.2 Å². The standard InChI is InChI=1S/C9H13N5S/c1-14-9(10)6(5-12-14)8(13-11)7-3-2-4-15-7/h2-5,8,13H,10-11H2,1H3. The maximum Gasteiger partial charge on any atom is 0.126 e. The number of aryl methyl sites for hydroxylation is 1. The minimum atomic E-state index is -0.0845. The fourth-order valence-electron chi connectivity index (χ4n) is 1.47. The lowest BCUT2D eigenvalue weighted by atomic mass is 10.1. The Kier molecular flexibility index (Phi) is 2.72. The molecule has 0 radical (unpaired) electrons. The molecule has 0 amide bonds. The van der Waals surface area contributed by atoms with Gasteiger partial charge in [0.25, 0.3) is 0 Å². The lowest BCUT2D eigenvalue weighted by molar-refractivity contribution is 0.647. The van der Waals surface area contributed by atoms with Gasteiger partial charge < -0.3 is 5.73 Å². The van der Waals surface area contributed by atoms with E-state index in [1.165, 1.54) is 0 Å². The smallest absolute Gasteiger partial charge is 0.126 e. The monoisotopic (exact) mass is 223 g/mol. The van der Waals surface area contributed by atoms with Crippen molar-refractivity contribution in [2.45, 2.75) is 6.04 Å². The molecule has 0 aromatic carbocycles. The van der Waals surface area contributed by atoms with Gasteiger partial charge in [-0.1, -0.05) is 6.07 Å². The Morgan fingerprint density at radius 1 is 1.60 bits per heavy atom. The molecule has 5 N–H and O–H groups in total. The van der Waals surface area contributed by atoms with E-state index in [1.54, 1.807) is 29.3 Å². The van der Waals surface area contributed by atoms with Crippen molar-refractivity contribution in [3.8, 4) is 0 Å². The molecule has 0 aliphatic heterocycles. The average Bonchev–Trinajstić information content (AvgIpc) is 2.84. The van der Waals surface area contributed by atoms with Crippen LogP contribution in [0, 0.1) is 0 Å². The zero-order valence-electron chi connectivity index (χ0n) is 8.34. The Balaban J connectivity index is 2.40. The zero-order valence-corrected chi connectivity index (χ0v) is 9.16. The summed E-state index contributed by atoms with van der Waals surface area (Å²) < 4.78 is 1.63. The molecular weight excluding hydrogens is 210 g/mol. The largest absolute Gasteiger partial charge is 0.384 e. The van der Waals surface area contributed by atoms with Crippen LogP contribution in [0.5, 0.6) is 0 Å². The van der Waals surface area contributed by atoms with Gasteiger partial charge in [0, 0.05) is 17.5 Å². The van der Waals surface area contributed by atoms with E-state index in [9.17, 15) is 0 Å². The maximum absolute atomic E-state index is 5.89. The van der Waals surface area contributed by atoms with E-state index in [0.29, 0.717) is 5.82 Å². The number of rotatable bonds is 3. The number of hydrogen-bond acceptors (Lipinski definition) is 5. The number of nitrogen functional groups attached to an aromatic ring is 1. The highest BCUT2D eigenvalue weighted by Gasteiger charge is 2.18. The molecule has 2 heterocycles. The zero-order chi connectivity index (χ0) is 10.8. The fourth-order valence-corrected chi connectivity index (χ4v) is 2.27. The Morgan fingerprint density at radius 2 is 2.40 bits per heavy atom. The van der Waals surface area contributed by atoms with E-state index in [-0.39, 0.29) is 6.04 Å². The van der Waals surface area contributed by atoms with Crippen LogP contribution in [-0.2, 0) is 7.05 Å². The van der Waals surface area contributed by atoms with Crippen LogP contribution >= 0.6 is 11.3 Å². The molecule has 6 heteroatoms. The Hall–Kier alpha value is -1.37. The van der Waals surface area contributed by atoms with Gasteiger partial charge >= 0.3 is 0 Å². The summed E-state index contributed by atoms with van der Waals surface area (Å²) in [7, 11) is 1.81. The number of nitrogens with two attached hydrogens (primary N) is 2. The van der Waals surface area contributed by atoms with Gasteiger partial charge in [-0.25, -0.2) is 5.43 Å². The first kappa shape index (κ1) is 10.2. The van der Waals surface area contributed by atoms with E-state index in [4.69, 9.17) is 11.6 Å². The van der Waals surface area contributed by atoms with E-state index in [1.807, 2.05) is 17.5 Å². The number of aromatic nitrogens is 2. The third-order valence-corrected chi connectivity index (χ3v) is 3.26. The van der Waals surface area contributed by atoms with Crippen LogP contribution in [-0.4, -0.2) is 9.78 Å². The van der Waals surface area contributed by atoms with Crippen molar-refractivity contribution in [3.05, 3.63) is 34.2 Å². The molecule has 1 unspecified atom stereocenters. The third-order valence-electron chi connectivity index (χ3n) is 2.32. The van der Waals surface area contributed by atoms with Gasteiger partial charge in [0.1, 0.15) is 5.82 Å². The summed E-state index contributed by atoms with van der Waals surface area (Å²) in [4.78, 5) is 1.12. The summed E-state index contributed by atoms with van der Waals surface area (Å²) >= 11 is 1.63. The van der Waals surface area contributed by atoms with E-state index < -0.39 is 0 Å². The summed E-state index contributed by atoms with van der Waals surface area (Å²) in [5.74, 6) is 6.17. The summed E-state index contributed by atoms with van der Waals surface area (Å²) in [5, 5.41) is 6.10. The molecule has 1 atom stereocenters. The second-order valence-corrected chi connectivity index (χ2v) is 4.20. The summed E-state index contributed by atoms with van der Waals surface area (Å²) in [6.07, 6.45) is 1.74. The van der Waals surface area contributed by atoms with Gasteiger partial charge in [-0.3, -0.25) is 10.5 Å². The molecule has 15 heavy (non-hydrogen) atoms. The third kappa shape index (κ3) is 1.74. The number of anilines is 1. The highest BCUT2D eigenvalue weighted by atomic mass is 32.1. The molecule has 0 fully saturated rings. The van der Waals surface area contributed by atoms with E-state index in [0.717, 1.165) is 10.4 Å². The average molecular weight is 223 g/mol. The second kappa shape index (κ2) is 4.01. The Labute approximate surface area is 91.7 Å². The minimum absolute atomic E-state index is 0.0845. The number of nitrogens with zero attached hydrogens (tertiary/aromatic N) is 2. The predicted molar refractivity (Wildman–Crippen MR) is 61.1 cm³/mol. The van der Waals surface area contributed by atoms with E-state index in [2.05, 4.69) is 10.5 Å². The van der Waals surface area contributed by atoms with Gasteiger partial charge in [0.2, 0.25) is 0 Å². The number of nitrogens with one attached hydrogen (secondary N) is 1. The van der Waals surface area contributed by atoms with Gasteiger partial charge in [-0.15, -0.1) is 11.3 Å². The molecule has 5 nitrogen and oxygen atoms in total. The summed E-state index contributed by atoms with van der Waals surface area (Å²) in [5.41, 5.74) is 9.55. The van der Waals surface area contributed by atoms with Crippen LogP contribution in [0.4, 0.5) is 5.82 Å². The SMILES string of the molecule is Cn1ncc(C(NN)c2cccs2)c1N. The highest BCUT2D eigenvalue weighted by Crippen LogP contribution is 2.28. The number of thiophene rings is 1. The van der Waals surface area contributed by atoms with Crippen LogP contribution in [0.25, 0.3) is 0 Å². The first-order chi connectivity index (χ1) is 7.24. The van der Waals surface area contributed by atoms with Crippen molar-refractivity contribution in [3.63, 3.8) is 0 Å². The molecule has 2 aromatic heterocycles. The van der Waals surface area contributed by atoms with Crippen LogP contribution in [0.1, 0.15) is 16.5 Å². The Morgan fingerprint density at radius 3 is 2.87 bits per heavy atom. The van der Waals surface area contributed by atoms with Gasteiger partial charge in [0.15, 0.2) is 0 Å². The summed E-state index contributed by atoms with van der Waals surface area (Å²) in [6, 6.07) is 3.91. The van der Waals surface area contributed by atoms with Gasteiger partial charge in [-0.2, -0.15) is 5.10 Å². The van der Waals surface area contributed by atoms with Crippen molar-refractivity contribution in [2.75, 3.05) is 5.73 Å². The van der Waals surface area contributed by atoms with Crippen molar-refractivity contribution in [2.24, 2.45) is 12.9 Å². The van der Waals surface area contributed by atoms with Crippen molar-refractivity contribution < 1.29 is 0 Å².